The van der Waals surface area contributed by atoms with Gasteiger partial charge in [0.15, 0.2) is 9.96 Å². The van der Waals surface area contributed by atoms with Gasteiger partial charge in [-0.1, -0.05) is 12.1 Å². The van der Waals surface area contributed by atoms with Gasteiger partial charge in [0.1, 0.15) is 5.78 Å². The van der Waals surface area contributed by atoms with Crippen LogP contribution in [0.5, 0.6) is 0 Å². The number of nitrogens with zero attached hydrogens (tertiary/aromatic N) is 6. The van der Waals surface area contributed by atoms with E-state index in [4.69, 9.17) is 15.4 Å². The quantitative estimate of drug-likeness (QED) is 0.555. The molecule has 1 aromatic carbocycles. The third-order valence-corrected chi connectivity index (χ3v) is 7.61. The van der Waals surface area contributed by atoms with Crippen molar-refractivity contribution < 1.29 is 4.79 Å². The number of piperazine rings is 1. The Hall–Kier alpha value is -2.56. The second-order valence-electron chi connectivity index (χ2n) is 8.69. The van der Waals surface area contributed by atoms with Crippen molar-refractivity contribution in [2.45, 2.75) is 36.2 Å². The maximum Gasteiger partial charge on any atom is 0.241 e. The molecular formula is C23H27N7OS2. The number of ketones is 1. The summed E-state index contributed by atoms with van der Waals surface area (Å²) < 4.78 is 1.72. The van der Waals surface area contributed by atoms with Crippen molar-refractivity contribution in [2.24, 2.45) is 5.92 Å². The number of rotatable bonds is 7. The van der Waals surface area contributed by atoms with Gasteiger partial charge in [0, 0.05) is 54.5 Å². The third-order valence-electron chi connectivity index (χ3n) is 5.92. The van der Waals surface area contributed by atoms with E-state index in [-0.39, 0.29) is 5.92 Å². The predicted octanol–water partition coefficient (Wildman–Crippen LogP) is 2.94. The molecule has 1 saturated heterocycles. The summed E-state index contributed by atoms with van der Waals surface area (Å²) in [4.78, 5) is 33.2. The van der Waals surface area contributed by atoms with Gasteiger partial charge in [0.2, 0.25) is 11.9 Å². The number of carbonyl (C=O) groups is 1. The highest BCUT2D eigenvalue weighted by Gasteiger charge is 2.29. The first-order valence-electron chi connectivity index (χ1n) is 11.2. The normalized spacial score (nSPS) is 16.8. The molecule has 172 valence electrons. The van der Waals surface area contributed by atoms with Crippen LogP contribution in [-0.4, -0.2) is 63.4 Å². The predicted molar refractivity (Wildman–Crippen MR) is 129 cm³/mol. The molecule has 2 aliphatic rings. The summed E-state index contributed by atoms with van der Waals surface area (Å²) in [7, 11) is 2.12. The van der Waals surface area contributed by atoms with Crippen LogP contribution in [0.1, 0.15) is 23.3 Å². The zero-order chi connectivity index (χ0) is 22.9. The van der Waals surface area contributed by atoms with Crippen molar-refractivity contribution in [1.29, 1.82) is 5.41 Å². The molecule has 1 N–H and O–H groups in total. The van der Waals surface area contributed by atoms with Crippen LogP contribution in [0.25, 0.3) is 5.95 Å². The summed E-state index contributed by atoms with van der Waals surface area (Å²) in [5.74, 6) is 1.76. The second-order valence-corrected chi connectivity index (χ2v) is 11.0. The minimum absolute atomic E-state index is 0.288. The fraction of sp³-hybridized carbons (Fsp3) is 0.435. The Balaban J connectivity index is 1.41. The van der Waals surface area contributed by atoms with Crippen molar-refractivity contribution in [2.75, 3.05) is 38.1 Å². The SMILES string of the molecule is Cc1cn(-c2nc(Sc3ccc(CC(=O)C4CC4)cc3)nc(N3CCN(C)CC3)n2)c(=N)s1. The topological polar surface area (TPSA) is 91.0 Å². The molecule has 0 unspecified atom stereocenters. The van der Waals surface area contributed by atoms with Crippen LogP contribution in [0.3, 0.4) is 0 Å². The van der Waals surface area contributed by atoms with E-state index in [1.807, 2.05) is 37.4 Å². The Morgan fingerprint density at radius 3 is 2.42 bits per heavy atom. The average Bonchev–Trinajstić information content (AvgIpc) is 3.59. The van der Waals surface area contributed by atoms with E-state index in [2.05, 4.69) is 21.8 Å². The lowest BCUT2D eigenvalue weighted by Gasteiger charge is -2.32. The van der Waals surface area contributed by atoms with Gasteiger partial charge < -0.3 is 9.80 Å². The molecule has 0 atom stereocenters. The Bertz CT molecular complexity index is 1210. The van der Waals surface area contributed by atoms with Crippen molar-refractivity contribution in [3.8, 4) is 5.95 Å². The van der Waals surface area contributed by atoms with Crippen LogP contribution >= 0.6 is 23.1 Å². The fourth-order valence-electron chi connectivity index (χ4n) is 3.79. The fourth-order valence-corrected chi connectivity index (χ4v) is 5.22. The zero-order valence-electron chi connectivity index (χ0n) is 18.8. The van der Waals surface area contributed by atoms with Crippen LogP contribution in [-0.2, 0) is 11.2 Å². The van der Waals surface area contributed by atoms with Gasteiger partial charge >= 0.3 is 0 Å². The van der Waals surface area contributed by atoms with Crippen molar-refractivity contribution in [3.05, 3.63) is 45.7 Å². The molecule has 8 nitrogen and oxygen atoms in total. The molecule has 2 fully saturated rings. The molecule has 1 saturated carbocycles. The van der Waals surface area contributed by atoms with Crippen LogP contribution in [0.4, 0.5) is 5.95 Å². The van der Waals surface area contributed by atoms with E-state index >= 15 is 0 Å². The van der Waals surface area contributed by atoms with Gasteiger partial charge in [-0.05, 0) is 56.3 Å². The molecule has 2 aromatic heterocycles. The minimum Gasteiger partial charge on any atom is -0.338 e. The number of hydrogen-bond acceptors (Lipinski definition) is 9. The largest absolute Gasteiger partial charge is 0.338 e. The van der Waals surface area contributed by atoms with Crippen LogP contribution in [0, 0.1) is 18.3 Å². The second kappa shape index (κ2) is 9.36. The lowest BCUT2D eigenvalue weighted by molar-refractivity contribution is -0.119. The monoisotopic (exact) mass is 481 g/mol. The Labute approximate surface area is 201 Å². The Morgan fingerprint density at radius 1 is 1.09 bits per heavy atom. The number of aromatic nitrogens is 4. The van der Waals surface area contributed by atoms with Gasteiger partial charge in [0.25, 0.3) is 0 Å². The summed E-state index contributed by atoms with van der Waals surface area (Å²) in [5.41, 5.74) is 1.05. The number of benzene rings is 1. The molecule has 3 heterocycles. The van der Waals surface area contributed by atoms with Gasteiger partial charge in [-0.3, -0.25) is 14.8 Å². The van der Waals surface area contributed by atoms with Crippen LogP contribution < -0.4 is 9.70 Å². The lowest BCUT2D eigenvalue weighted by Crippen LogP contribution is -2.45. The zero-order valence-corrected chi connectivity index (χ0v) is 20.5. The highest BCUT2D eigenvalue weighted by Crippen LogP contribution is 2.31. The van der Waals surface area contributed by atoms with E-state index in [0.29, 0.717) is 34.1 Å². The Kier molecular flexibility index (Phi) is 6.31. The van der Waals surface area contributed by atoms with E-state index in [0.717, 1.165) is 54.4 Å². The van der Waals surface area contributed by atoms with E-state index in [1.165, 1.54) is 23.1 Å². The number of nitrogens with one attached hydrogen (secondary N) is 1. The molecule has 1 aliphatic carbocycles. The third kappa shape index (κ3) is 5.34. The summed E-state index contributed by atoms with van der Waals surface area (Å²) in [6, 6.07) is 8.09. The summed E-state index contributed by atoms with van der Waals surface area (Å²) in [6.07, 6.45) is 4.51. The maximum absolute atomic E-state index is 12.1. The Morgan fingerprint density at radius 2 is 1.79 bits per heavy atom. The molecule has 0 bridgehead atoms. The number of Topliss-reactive ketones (excluding diaryl/α,β-unsaturated/α-hetero) is 1. The first-order valence-corrected chi connectivity index (χ1v) is 12.8. The van der Waals surface area contributed by atoms with E-state index < -0.39 is 0 Å². The molecule has 0 amide bonds. The number of anilines is 1. The standard InChI is InChI=1S/C23H27N7OS2/c1-15-14-30(20(24)32-15)22-25-21(29-11-9-28(2)10-12-29)26-23(27-22)33-18-7-3-16(4-8-18)13-19(31)17-5-6-17/h3-4,7-8,14,17,24H,5-6,9-13H2,1-2H3. The molecule has 10 heteroatoms. The van der Waals surface area contributed by atoms with E-state index in [9.17, 15) is 4.79 Å². The molecular weight excluding hydrogens is 454 g/mol. The highest BCUT2D eigenvalue weighted by molar-refractivity contribution is 7.99. The lowest BCUT2D eigenvalue weighted by atomic mass is 10.1. The van der Waals surface area contributed by atoms with Crippen molar-refractivity contribution >= 4 is 34.8 Å². The molecule has 33 heavy (non-hydrogen) atoms. The average molecular weight is 482 g/mol. The minimum atomic E-state index is 0.288. The van der Waals surface area contributed by atoms with Crippen LogP contribution in [0.2, 0.25) is 0 Å². The van der Waals surface area contributed by atoms with Gasteiger partial charge in [-0.25, -0.2) is 0 Å². The number of aryl methyl sites for hydroxylation is 1. The van der Waals surface area contributed by atoms with E-state index in [1.54, 1.807) is 4.57 Å². The molecule has 1 aliphatic heterocycles. The maximum atomic E-state index is 12.1. The number of thiazole rings is 1. The first kappa shape index (κ1) is 22.2. The molecule has 3 aromatic rings. The van der Waals surface area contributed by atoms with Gasteiger partial charge in [-0.2, -0.15) is 15.0 Å². The van der Waals surface area contributed by atoms with Gasteiger partial charge in [0.05, 0.1) is 0 Å². The first-order chi connectivity index (χ1) is 15.9. The highest BCUT2D eigenvalue weighted by atomic mass is 32.2. The molecule has 0 radical (unpaired) electrons. The number of carbonyl (C=O) groups excluding carboxylic acids is 1. The summed E-state index contributed by atoms with van der Waals surface area (Å²) in [5, 5.41) is 8.91. The number of likely N-dealkylation sites (N-methyl/N-ethyl adjacent to an activating group) is 1. The molecule has 5 rings (SSSR count). The smallest absolute Gasteiger partial charge is 0.241 e. The summed E-state index contributed by atoms with van der Waals surface area (Å²) in [6.45, 7) is 5.61. The van der Waals surface area contributed by atoms with Gasteiger partial charge in [-0.15, -0.1) is 11.3 Å². The van der Waals surface area contributed by atoms with Crippen LogP contribution in [0.15, 0.2) is 40.5 Å². The summed E-state index contributed by atoms with van der Waals surface area (Å²) >= 11 is 2.88. The van der Waals surface area contributed by atoms with Crippen molar-refractivity contribution in [3.63, 3.8) is 0 Å². The van der Waals surface area contributed by atoms with Crippen molar-refractivity contribution in [1.82, 2.24) is 24.4 Å². The molecule has 0 spiro atoms. The number of hydrogen-bond donors (Lipinski definition) is 1.